The van der Waals surface area contributed by atoms with Gasteiger partial charge in [0.1, 0.15) is 17.2 Å². The first-order chi connectivity index (χ1) is 15.1. The number of hydrogen-bond donors (Lipinski definition) is 0. The van der Waals surface area contributed by atoms with Gasteiger partial charge in [-0.25, -0.2) is 4.99 Å². The summed E-state index contributed by atoms with van der Waals surface area (Å²) in [6.45, 7) is 2.54. The molecule has 1 aliphatic rings. The molecule has 4 rings (SSSR count). The number of benzene rings is 3. The second kappa shape index (κ2) is 9.06. The molecule has 1 heterocycles. The summed E-state index contributed by atoms with van der Waals surface area (Å²) in [7, 11) is 1.60. The van der Waals surface area contributed by atoms with Crippen LogP contribution in [-0.2, 0) is 4.79 Å². The predicted octanol–water partition coefficient (Wildman–Crippen LogP) is 5.58. The molecule has 0 aliphatic carbocycles. The molecule has 0 fully saturated rings. The summed E-state index contributed by atoms with van der Waals surface area (Å²) >= 11 is 6.05. The number of para-hydroxylation sites is 1. The maximum atomic E-state index is 13.4. The maximum Gasteiger partial charge on any atom is 0.282 e. The van der Waals surface area contributed by atoms with Crippen molar-refractivity contribution in [1.29, 1.82) is 0 Å². The number of amidine groups is 1. The van der Waals surface area contributed by atoms with Crippen molar-refractivity contribution in [3.8, 4) is 11.5 Å². The van der Waals surface area contributed by atoms with Crippen LogP contribution in [0.2, 0.25) is 5.02 Å². The lowest BCUT2D eigenvalue weighted by Crippen LogP contribution is -2.32. The Bertz CT molecular complexity index is 1150. The van der Waals surface area contributed by atoms with Gasteiger partial charge in [-0.1, -0.05) is 35.9 Å². The number of amides is 1. The van der Waals surface area contributed by atoms with Gasteiger partial charge in [-0.2, -0.15) is 0 Å². The molecule has 0 bridgehead atoms. The number of anilines is 1. The third-order valence-corrected chi connectivity index (χ3v) is 5.04. The van der Waals surface area contributed by atoms with Crippen LogP contribution in [0.3, 0.4) is 0 Å². The largest absolute Gasteiger partial charge is 0.496 e. The minimum Gasteiger partial charge on any atom is -0.496 e. The molecule has 3 aromatic carbocycles. The molecular weight excluding hydrogens is 412 g/mol. The fourth-order valence-corrected chi connectivity index (χ4v) is 3.47. The van der Waals surface area contributed by atoms with Crippen LogP contribution in [0.15, 0.2) is 83.5 Å². The fraction of sp³-hybridized carbons (Fsp3) is 0.120. The molecule has 1 amide bonds. The standard InChI is InChI=1S/C25H21ClN2O3/c1-3-31-20-14-8-17(9-15-20)16-22-25(29)28(19-12-10-18(26)11-13-19)24(27-22)21-6-4-5-7-23(21)30-2/h4-16H,3H2,1-2H3/b22-16-. The minimum absolute atomic E-state index is 0.225. The van der Waals surface area contributed by atoms with Crippen LogP contribution in [0.5, 0.6) is 11.5 Å². The van der Waals surface area contributed by atoms with E-state index in [1.165, 1.54) is 0 Å². The van der Waals surface area contributed by atoms with Crippen molar-refractivity contribution in [3.63, 3.8) is 0 Å². The number of halogens is 1. The number of methoxy groups -OCH3 is 1. The highest BCUT2D eigenvalue weighted by atomic mass is 35.5. The van der Waals surface area contributed by atoms with E-state index in [4.69, 9.17) is 26.1 Å². The van der Waals surface area contributed by atoms with E-state index in [2.05, 4.69) is 0 Å². The van der Waals surface area contributed by atoms with E-state index in [0.717, 1.165) is 16.9 Å². The number of aliphatic imine (C=N–C) groups is 1. The van der Waals surface area contributed by atoms with E-state index in [9.17, 15) is 4.79 Å². The molecule has 0 radical (unpaired) electrons. The number of carbonyl (C=O) groups is 1. The predicted molar refractivity (Wildman–Crippen MR) is 124 cm³/mol. The molecule has 0 atom stereocenters. The summed E-state index contributed by atoms with van der Waals surface area (Å²) < 4.78 is 11.0. The van der Waals surface area contributed by atoms with Crippen LogP contribution in [0.4, 0.5) is 5.69 Å². The molecule has 5 nitrogen and oxygen atoms in total. The highest BCUT2D eigenvalue weighted by Gasteiger charge is 2.33. The van der Waals surface area contributed by atoms with Crippen molar-refractivity contribution in [2.45, 2.75) is 6.92 Å². The highest BCUT2D eigenvalue weighted by molar-refractivity contribution is 6.34. The third kappa shape index (κ3) is 4.32. The lowest BCUT2D eigenvalue weighted by Gasteiger charge is -2.20. The first kappa shape index (κ1) is 20.7. The van der Waals surface area contributed by atoms with Crippen LogP contribution in [0.25, 0.3) is 6.08 Å². The smallest absolute Gasteiger partial charge is 0.282 e. The van der Waals surface area contributed by atoms with Gasteiger partial charge in [0.25, 0.3) is 5.91 Å². The lowest BCUT2D eigenvalue weighted by atomic mass is 10.1. The normalized spacial score (nSPS) is 14.7. The van der Waals surface area contributed by atoms with Crippen molar-refractivity contribution in [1.82, 2.24) is 0 Å². The molecule has 31 heavy (non-hydrogen) atoms. The molecule has 1 aliphatic heterocycles. The molecule has 0 spiro atoms. The molecule has 0 saturated carbocycles. The van der Waals surface area contributed by atoms with Crippen molar-refractivity contribution in [2.75, 3.05) is 18.6 Å². The Morgan fingerprint density at radius 2 is 1.71 bits per heavy atom. The number of rotatable bonds is 6. The van der Waals surface area contributed by atoms with Gasteiger partial charge >= 0.3 is 0 Å². The fourth-order valence-electron chi connectivity index (χ4n) is 3.34. The van der Waals surface area contributed by atoms with E-state index in [1.54, 1.807) is 42.4 Å². The van der Waals surface area contributed by atoms with Crippen molar-refractivity contribution in [2.24, 2.45) is 4.99 Å². The monoisotopic (exact) mass is 432 g/mol. The van der Waals surface area contributed by atoms with Gasteiger partial charge < -0.3 is 9.47 Å². The highest BCUT2D eigenvalue weighted by Crippen LogP contribution is 2.31. The number of ether oxygens (including phenoxy) is 2. The number of nitrogens with zero attached hydrogens (tertiary/aromatic N) is 2. The summed E-state index contributed by atoms with van der Waals surface area (Å²) in [5, 5.41) is 0.594. The summed E-state index contributed by atoms with van der Waals surface area (Å²) in [5.74, 6) is 1.69. The van der Waals surface area contributed by atoms with Crippen LogP contribution in [0, 0.1) is 0 Å². The van der Waals surface area contributed by atoms with E-state index in [0.29, 0.717) is 34.6 Å². The second-order valence-electron chi connectivity index (χ2n) is 6.78. The summed E-state index contributed by atoms with van der Waals surface area (Å²) in [4.78, 5) is 19.7. The Hall–Kier alpha value is -3.57. The molecular formula is C25H21ClN2O3. The SMILES string of the molecule is CCOc1ccc(/C=C2\N=C(c3ccccc3OC)N(c3ccc(Cl)cc3)C2=O)cc1. The van der Waals surface area contributed by atoms with Crippen LogP contribution in [0.1, 0.15) is 18.1 Å². The molecule has 3 aromatic rings. The molecule has 6 heteroatoms. The summed E-state index contributed by atoms with van der Waals surface area (Å²) in [6, 6.07) is 22.1. The van der Waals surface area contributed by atoms with Crippen LogP contribution < -0.4 is 14.4 Å². The van der Waals surface area contributed by atoms with Gasteiger partial charge in [0, 0.05) is 5.02 Å². The van der Waals surface area contributed by atoms with E-state index < -0.39 is 0 Å². The molecule has 0 unspecified atom stereocenters. The molecule has 0 aromatic heterocycles. The summed E-state index contributed by atoms with van der Waals surface area (Å²) in [6.07, 6.45) is 1.77. The zero-order valence-electron chi connectivity index (χ0n) is 17.2. The topological polar surface area (TPSA) is 51.1 Å². The van der Waals surface area contributed by atoms with E-state index in [1.807, 2.05) is 55.5 Å². The van der Waals surface area contributed by atoms with Gasteiger partial charge in [0.05, 0.1) is 25.0 Å². The first-order valence-electron chi connectivity index (χ1n) is 9.87. The van der Waals surface area contributed by atoms with Crippen molar-refractivity contribution >= 4 is 35.1 Å². The Labute approximate surface area is 186 Å². The van der Waals surface area contributed by atoms with Gasteiger partial charge in [-0.05, 0) is 67.1 Å². The number of hydrogen-bond acceptors (Lipinski definition) is 4. The van der Waals surface area contributed by atoms with Crippen LogP contribution >= 0.6 is 11.6 Å². The van der Waals surface area contributed by atoms with E-state index in [-0.39, 0.29) is 5.91 Å². The van der Waals surface area contributed by atoms with Gasteiger partial charge in [0.2, 0.25) is 0 Å². The van der Waals surface area contributed by atoms with Crippen molar-refractivity contribution < 1.29 is 14.3 Å². The minimum atomic E-state index is -0.225. The average Bonchev–Trinajstić information content (AvgIpc) is 3.11. The Kier molecular flexibility index (Phi) is 6.05. The Morgan fingerprint density at radius 3 is 2.39 bits per heavy atom. The van der Waals surface area contributed by atoms with Gasteiger partial charge in [0.15, 0.2) is 5.84 Å². The average molecular weight is 433 g/mol. The Balaban J connectivity index is 1.79. The Morgan fingerprint density at radius 1 is 1.00 bits per heavy atom. The quantitative estimate of drug-likeness (QED) is 0.477. The van der Waals surface area contributed by atoms with Crippen molar-refractivity contribution in [3.05, 3.63) is 94.6 Å². The first-order valence-corrected chi connectivity index (χ1v) is 10.2. The number of carbonyl (C=O) groups excluding carboxylic acids is 1. The second-order valence-corrected chi connectivity index (χ2v) is 7.22. The molecule has 0 N–H and O–H groups in total. The van der Waals surface area contributed by atoms with Crippen LogP contribution in [-0.4, -0.2) is 25.5 Å². The zero-order valence-corrected chi connectivity index (χ0v) is 18.0. The molecule has 156 valence electrons. The van der Waals surface area contributed by atoms with Gasteiger partial charge in [-0.3, -0.25) is 9.69 Å². The van der Waals surface area contributed by atoms with Gasteiger partial charge in [-0.15, -0.1) is 0 Å². The summed E-state index contributed by atoms with van der Waals surface area (Å²) in [5.41, 5.74) is 2.59. The molecule has 0 saturated heterocycles. The zero-order chi connectivity index (χ0) is 21.8. The maximum absolute atomic E-state index is 13.4. The van der Waals surface area contributed by atoms with E-state index >= 15 is 0 Å². The lowest BCUT2D eigenvalue weighted by molar-refractivity contribution is -0.113. The third-order valence-electron chi connectivity index (χ3n) is 4.79.